The molecule has 1 unspecified atom stereocenters. The third kappa shape index (κ3) is 3.58. The number of aliphatic hydroxyl groups excluding tert-OH is 1. The van der Waals surface area contributed by atoms with Crippen LogP contribution in [0.1, 0.15) is 75.2 Å². The molecule has 1 aromatic heterocycles. The van der Waals surface area contributed by atoms with Crippen LogP contribution in [-0.2, 0) is 5.41 Å². The molecule has 1 aliphatic carbocycles. The molecule has 1 atom stereocenters. The van der Waals surface area contributed by atoms with Crippen LogP contribution in [0, 0.1) is 5.92 Å². The van der Waals surface area contributed by atoms with Gasteiger partial charge < -0.3 is 5.11 Å². The minimum Gasteiger partial charge on any atom is -0.388 e. The van der Waals surface area contributed by atoms with Crippen LogP contribution < -0.4 is 0 Å². The molecule has 1 aromatic rings. The van der Waals surface area contributed by atoms with Crippen LogP contribution in [0.25, 0.3) is 0 Å². The summed E-state index contributed by atoms with van der Waals surface area (Å²) in [7, 11) is 0. The second kappa shape index (κ2) is 5.75. The molecular formula is C16H26OS. The summed E-state index contributed by atoms with van der Waals surface area (Å²) in [5, 5.41) is 10.4. The molecule has 1 heterocycles. The number of thiophene rings is 1. The fourth-order valence-electron chi connectivity index (χ4n) is 2.79. The maximum atomic E-state index is 10.4. The van der Waals surface area contributed by atoms with Crippen molar-refractivity contribution in [1.29, 1.82) is 0 Å². The lowest BCUT2D eigenvalue weighted by Gasteiger charge is -2.23. The Balaban J connectivity index is 1.96. The molecule has 0 saturated heterocycles. The predicted molar refractivity (Wildman–Crippen MR) is 79.2 cm³/mol. The highest BCUT2D eigenvalue weighted by Crippen LogP contribution is 2.36. The molecule has 0 radical (unpaired) electrons. The largest absolute Gasteiger partial charge is 0.388 e. The van der Waals surface area contributed by atoms with Crippen LogP contribution in [0.5, 0.6) is 0 Å². The highest BCUT2D eigenvalue weighted by atomic mass is 32.1. The van der Waals surface area contributed by atoms with Gasteiger partial charge in [-0.3, -0.25) is 0 Å². The van der Waals surface area contributed by atoms with E-state index in [1.165, 1.54) is 37.0 Å². The molecule has 2 rings (SSSR count). The van der Waals surface area contributed by atoms with Crippen LogP contribution in [0.3, 0.4) is 0 Å². The standard InChI is InChI=1S/C16H26OS/c1-16(2,3)15-10-9-14(18-15)13(17)11-12-7-5-4-6-8-12/h9-10,12-13,17H,4-8,11H2,1-3H3. The lowest BCUT2D eigenvalue weighted by Crippen LogP contribution is -2.10. The number of hydrogen-bond donors (Lipinski definition) is 1. The van der Waals surface area contributed by atoms with Gasteiger partial charge in [0, 0.05) is 9.75 Å². The number of aliphatic hydroxyl groups is 1. The van der Waals surface area contributed by atoms with Gasteiger partial charge in [-0.05, 0) is 29.9 Å². The van der Waals surface area contributed by atoms with Crippen molar-refractivity contribution in [3.05, 3.63) is 21.9 Å². The second-order valence-corrected chi connectivity index (χ2v) is 7.82. The molecule has 0 spiro atoms. The summed E-state index contributed by atoms with van der Waals surface area (Å²) >= 11 is 1.79. The van der Waals surface area contributed by atoms with E-state index < -0.39 is 0 Å². The molecule has 0 aliphatic heterocycles. The van der Waals surface area contributed by atoms with Gasteiger partial charge in [0.15, 0.2) is 0 Å². The smallest absolute Gasteiger partial charge is 0.0884 e. The normalized spacial score (nSPS) is 20.0. The maximum absolute atomic E-state index is 10.4. The molecule has 1 fully saturated rings. The van der Waals surface area contributed by atoms with Crippen molar-refractivity contribution in [3.8, 4) is 0 Å². The van der Waals surface area contributed by atoms with Gasteiger partial charge in [0.1, 0.15) is 0 Å². The Morgan fingerprint density at radius 3 is 2.44 bits per heavy atom. The van der Waals surface area contributed by atoms with Crippen molar-refractivity contribution in [2.75, 3.05) is 0 Å². The van der Waals surface area contributed by atoms with E-state index in [1.54, 1.807) is 11.3 Å². The molecule has 2 heteroatoms. The van der Waals surface area contributed by atoms with Gasteiger partial charge in [-0.1, -0.05) is 52.9 Å². The molecule has 1 saturated carbocycles. The minimum absolute atomic E-state index is 0.202. The van der Waals surface area contributed by atoms with Crippen molar-refractivity contribution in [2.24, 2.45) is 5.92 Å². The fraction of sp³-hybridized carbons (Fsp3) is 0.750. The zero-order valence-corrected chi connectivity index (χ0v) is 12.7. The molecule has 1 aliphatic rings. The Labute approximate surface area is 115 Å². The van der Waals surface area contributed by atoms with Gasteiger partial charge in [-0.2, -0.15) is 0 Å². The van der Waals surface area contributed by atoms with E-state index in [1.807, 2.05) is 0 Å². The second-order valence-electron chi connectivity index (χ2n) is 6.71. The lowest BCUT2D eigenvalue weighted by molar-refractivity contribution is 0.134. The topological polar surface area (TPSA) is 20.2 Å². The van der Waals surface area contributed by atoms with Crippen molar-refractivity contribution >= 4 is 11.3 Å². The summed E-state index contributed by atoms with van der Waals surface area (Å²) in [6.07, 6.45) is 7.45. The summed E-state index contributed by atoms with van der Waals surface area (Å²) in [6, 6.07) is 4.31. The first-order chi connectivity index (χ1) is 8.47. The zero-order chi connectivity index (χ0) is 13.2. The van der Waals surface area contributed by atoms with E-state index in [4.69, 9.17) is 0 Å². The summed E-state index contributed by atoms with van der Waals surface area (Å²) < 4.78 is 0. The van der Waals surface area contributed by atoms with E-state index in [2.05, 4.69) is 32.9 Å². The fourth-order valence-corrected chi connectivity index (χ4v) is 3.85. The Kier molecular flexibility index (Phi) is 4.50. The average Bonchev–Trinajstić information content (AvgIpc) is 2.79. The van der Waals surface area contributed by atoms with Crippen molar-refractivity contribution < 1.29 is 5.11 Å². The van der Waals surface area contributed by atoms with Crippen molar-refractivity contribution in [3.63, 3.8) is 0 Å². The van der Waals surface area contributed by atoms with E-state index in [-0.39, 0.29) is 11.5 Å². The molecule has 102 valence electrons. The summed E-state index contributed by atoms with van der Waals surface area (Å²) in [5.74, 6) is 0.744. The molecule has 0 aromatic carbocycles. The molecule has 1 N–H and O–H groups in total. The van der Waals surface area contributed by atoms with E-state index in [0.29, 0.717) is 0 Å². The third-order valence-electron chi connectivity index (χ3n) is 3.98. The lowest BCUT2D eigenvalue weighted by atomic mass is 9.85. The number of rotatable bonds is 3. The van der Waals surface area contributed by atoms with Gasteiger partial charge >= 0.3 is 0 Å². The number of hydrogen-bond acceptors (Lipinski definition) is 2. The predicted octanol–water partition coefficient (Wildman–Crippen LogP) is 5.05. The van der Waals surface area contributed by atoms with Crippen LogP contribution in [0.2, 0.25) is 0 Å². The summed E-state index contributed by atoms with van der Waals surface area (Å²) in [6.45, 7) is 6.70. The van der Waals surface area contributed by atoms with E-state index in [9.17, 15) is 5.11 Å². The first-order valence-corrected chi connectivity index (χ1v) is 8.07. The van der Waals surface area contributed by atoms with Gasteiger partial charge in [0.25, 0.3) is 0 Å². The Hall–Kier alpha value is -0.340. The molecule has 0 bridgehead atoms. The van der Waals surface area contributed by atoms with Crippen LogP contribution in [-0.4, -0.2) is 5.11 Å². The highest BCUT2D eigenvalue weighted by molar-refractivity contribution is 7.12. The Bertz CT molecular complexity index is 369. The van der Waals surface area contributed by atoms with Crippen LogP contribution >= 0.6 is 11.3 Å². The monoisotopic (exact) mass is 266 g/mol. The molecular weight excluding hydrogens is 240 g/mol. The average molecular weight is 266 g/mol. The van der Waals surface area contributed by atoms with Gasteiger partial charge in [-0.25, -0.2) is 0 Å². The first-order valence-electron chi connectivity index (χ1n) is 7.25. The van der Waals surface area contributed by atoms with E-state index >= 15 is 0 Å². The van der Waals surface area contributed by atoms with E-state index in [0.717, 1.165) is 17.2 Å². The highest BCUT2D eigenvalue weighted by Gasteiger charge is 2.22. The maximum Gasteiger partial charge on any atom is 0.0884 e. The quantitative estimate of drug-likeness (QED) is 0.811. The third-order valence-corrected chi connectivity index (χ3v) is 5.59. The summed E-state index contributed by atoms with van der Waals surface area (Å²) in [5.41, 5.74) is 0.202. The minimum atomic E-state index is -0.241. The molecule has 1 nitrogen and oxygen atoms in total. The van der Waals surface area contributed by atoms with Crippen LogP contribution in [0.15, 0.2) is 12.1 Å². The SMILES string of the molecule is CC(C)(C)c1ccc(C(O)CC2CCCCC2)s1. The molecule has 18 heavy (non-hydrogen) atoms. The van der Waals surface area contributed by atoms with Crippen molar-refractivity contribution in [1.82, 2.24) is 0 Å². The Morgan fingerprint density at radius 2 is 1.89 bits per heavy atom. The first kappa shape index (κ1) is 14.1. The summed E-state index contributed by atoms with van der Waals surface area (Å²) in [4.78, 5) is 2.53. The van der Waals surface area contributed by atoms with Gasteiger partial charge in [0.05, 0.1) is 6.10 Å². The molecule has 0 amide bonds. The van der Waals surface area contributed by atoms with Crippen LogP contribution in [0.4, 0.5) is 0 Å². The van der Waals surface area contributed by atoms with Gasteiger partial charge in [-0.15, -0.1) is 11.3 Å². The van der Waals surface area contributed by atoms with Gasteiger partial charge in [0.2, 0.25) is 0 Å². The Morgan fingerprint density at radius 1 is 1.22 bits per heavy atom. The zero-order valence-electron chi connectivity index (χ0n) is 11.9. The van der Waals surface area contributed by atoms with Crippen molar-refractivity contribution in [2.45, 2.75) is 70.8 Å².